The van der Waals surface area contributed by atoms with Crippen LogP contribution in [0, 0.1) is 5.92 Å². The molecule has 2 rings (SSSR count). The highest BCUT2D eigenvalue weighted by Gasteiger charge is 2.30. The van der Waals surface area contributed by atoms with Gasteiger partial charge in [0.05, 0.1) is 0 Å². The van der Waals surface area contributed by atoms with Crippen LogP contribution < -0.4 is 5.73 Å². The third-order valence-corrected chi connectivity index (χ3v) is 5.13. The highest BCUT2D eigenvalue weighted by atomic mass is 15.1. The van der Waals surface area contributed by atoms with Gasteiger partial charge >= 0.3 is 0 Å². The van der Waals surface area contributed by atoms with Crippen LogP contribution in [0.15, 0.2) is 30.3 Å². The van der Waals surface area contributed by atoms with E-state index >= 15 is 0 Å². The Morgan fingerprint density at radius 2 is 1.75 bits per heavy atom. The summed E-state index contributed by atoms with van der Waals surface area (Å²) in [5.74, 6) is 0.912. The Balaban J connectivity index is 2.02. The smallest absolute Gasteiger partial charge is 0.0174 e. The van der Waals surface area contributed by atoms with Crippen molar-refractivity contribution in [3.8, 4) is 0 Å². The van der Waals surface area contributed by atoms with Crippen molar-refractivity contribution in [3.63, 3.8) is 0 Å². The molecule has 1 fully saturated rings. The van der Waals surface area contributed by atoms with Crippen molar-refractivity contribution >= 4 is 0 Å². The Hall–Kier alpha value is -0.860. The minimum Gasteiger partial charge on any atom is -0.330 e. The van der Waals surface area contributed by atoms with Gasteiger partial charge in [-0.2, -0.15) is 0 Å². The van der Waals surface area contributed by atoms with E-state index in [1.165, 1.54) is 31.2 Å². The fourth-order valence-electron chi connectivity index (χ4n) is 3.48. The van der Waals surface area contributed by atoms with Crippen LogP contribution in [0.5, 0.6) is 0 Å². The maximum atomic E-state index is 6.11. The lowest BCUT2D eigenvalue weighted by Crippen LogP contribution is -2.46. The van der Waals surface area contributed by atoms with Gasteiger partial charge < -0.3 is 10.6 Å². The minimum absolute atomic E-state index is 0.0546. The van der Waals surface area contributed by atoms with Crippen molar-refractivity contribution in [2.45, 2.75) is 51.0 Å². The first kappa shape index (κ1) is 15.5. The van der Waals surface area contributed by atoms with E-state index in [2.05, 4.69) is 56.1 Å². The summed E-state index contributed by atoms with van der Waals surface area (Å²) in [4.78, 5) is 2.55. The summed E-state index contributed by atoms with van der Waals surface area (Å²) < 4.78 is 0. The van der Waals surface area contributed by atoms with E-state index in [1.807, 2.05) is 0 Å². The lowest BCUT2D eigenvalue weighted by Gasteiger charge is -2.39. The number of benzene rings is 1. The van der Waals surface area contributed by atoms with E-state index in [0.29, 0.717) is 6.54 Å². The number of rotatable bonds is 5. The molecule has 1 aromatic carbocycles. The fourth-order valence-corrected chi connectivity index (χ4v) is 3.48. The van der Waals surface area contributed by atoms with Crippen molar-refractivity contribution in [2.24, 2.45) is 11.7 Å². The Bertz CT molecular complexity index is 395. The summed E-state index contributed by atoms with van der Waals surface area (Å²) in [5.41, 5.74) is 7.53. The van der Waals surface area contributed by atoms with Gasteiger partial charge in [-0.05, 0) is 44.2 Å². The van der Waals surface area contributed by atoms with Crippen molar-refractivity contribution in [1.29, 1.82) is 0 Å². The second-order valence-corrected chi connectivity index (χ2v) is 6.96. The van der Waals surface area contributed by atoms with Crippen molar-refractivity contribution in [2.75, 3.05) is 20.1 Å². The summed E-state index contributed by atoms with van der Waals surface area (Å²) in [6, 6.07) is 11.5. The van der Waals surface area contributed by atoms with Gasteiger partial charge in [0.2, 0.25) is 0 Å². The average molecular weight is 274 g/mol. The lowest BCUT2D eigenvalue weighted by atomic mass is 9.80. The Kier molecular flexibility index (Phi) is 5.22. The molecule has 1 aromatic rings. The van der Waals surface area contributed by atoms with Crippen LogP contribution in [0.25, 0.3) is 0 Å². The molecule has 0 bridgehead atoms. The number of nitrogens with two attached hydrogens (primary N) is 1. The van der Waals surface area contributed by atoms with E-state index in [9.17, 15) is 0 Å². The van der Waals surface area contributed by atoms with Crippen LogP contribution in [0.4, 0.5) is 0 Å². The van der Waals surface area contributed by atoms with Crippen LogP contribution in [-0.4, -0.2) is 31.1 Å². The van der Waals surface area contributed by atoms with Gasteiger partial charge in [-0.3, -0.25) is 0 Å². The second-order valence-electron chi connectivity index (χ2n) is 6.96. The second kappa shape index (κ2) is 6.73. The van der Waals surface area contributed by atoms with Gasteiger partial charge in [0.1, 0.15) is 0 Å². The molecule has 2 heteroatoms. The highest BCUT2D eigenvalue weighted by molar-refractivity contribution is 5.25. The Morgan fingerprint density at radius 1 is 1.15 bits per heavy atom. The molecule has 1 aliphatic rings. The van der Waals surface area contributed by atoms with Gasteiger partial charge in [-0.25, -0.2) is 0 Å². The molecule has 0 saturated heterocycles. The molecular weight excluding hydrogens is 244 g/mol. The summed E-state index contributed by atoms with van der Waals surface area (Å²) in [6.45, 7) is 6.42. The molecule has 0 spiro atoms. The molecule has 1 unspecified atom stereocenters. The number of nitrogens with zero attached hydrogens (tertiary/aromatic N) is 1. The molecule has 1 atom stereocenters. The van der Waals surface area contributed by atoms with Crippen LogP contribution in [0.2, 0.25) is 0 Å². The van der Waals surface area contributed by atoms with Crippen LogP contribution in [0.1, 0.15) is 45.1 Å². The number of likely N-dealkylation sites (N-methyl/N-ethyl adjacent to an activating group) is 1. The van der Waals surface area contributed by atoms with Gasteiger partial charge in [0.15, 0.2) is 0 Å². The Morgan fingerprint density at radius 3 is 2.30 bits per heavy atom. The SMILES string of the molecule is CC1CCC(N(C)CC(C)(CN)c2ccccc2)CC1. The fraction of sp³-hybridized carbons (Fsp3) is 0.667. The summed E-state index contributed by atoms with van der Waals surface area (Å²) >= 11 is 0. The molecule has 0 radical (unpaired) electrons. The quantitative estimate of drug-likeness (QED) is 0.891. The van der Waals surface area contributed by atoms with E-state index < -0.39 is 0 Å². The topological polar surface area (TPSA) is 29.3 Å². The molecule has 0 aliphatic heterocycles. The van der Waals surface area contributed by atoms with Crippen LogP contribution >= 0.6 is 0 Å². The van der Waals surface area contributed by atoms with Gasteiger partial charge in [-0.1, -0.05) is 44.2 Å². The van der Waals surface area contributed by atoms with Crippen LogP contribution in [0.3, 0.4) is 0 Å². The molecule has 20 heavy (non-hydrogen) atoms. The molecule has 1 saturated carbocycles. The molecule has 0 aromatic heterocycles. The van der Waals surface area contributed by atoms with E-state index in [-0.39, 0.29) is 5.41 Å². The van der Waals surface area contributed by atoms with E-state index in [4.69, 9.17) is 5.73 Å². The first-order valence-electron chi connectivity index (χ1n) is 8.01. The number of hydrogen-bond donors (Lipinski definition) is 1. The molecule has 0 amide bonds. The van der Waals surface area contributed by atoms with Crippen molar-refractivity contribution in [1.82, 2.24) is 4.90 Å². The maximum absolute atomic E-state index is 6.11. The summed E-state index contributed by atoms with van der Waals surface area (Å²) in [6.07, 6.45) is 5.43. The van der Waals surface area contributed by atoms with E-state index in [0.717, 1.165) is 18.5 Å². The molecular formula is C18H30N2. The standard InChI is InChI=1S/C18H30N2/c1-15-9-11-17(12-10-15)20(3)14-18(2,13-19)16-7-5-4-6-8-16/h4-8,15,17H,9-14,19H2,1-3H3. The Labute approximate surface area is 124 Å². The van der Waals surface area contributed by atoms with E-state index in [1.54, 1.807) is 0 Å². The molecule has 112 valence electrons. The average Bonchev–Trinajstić information content (AvgIpc) is 2.48. The third kappa shape index (κ3) is 3.62. The zero-order chi connectivity index (χ0) is 14.6. The first-order chi connectivity index (χ1) is 9.55. The van der Waals surface area contributed by atoms with Gasteiger partial charge in [0.25, 0.3) is 0 Å². The molecule has 1 aliphatic carbocycles. The molecule has 0 heterocycles. The van der Waals surface area contributed by atoms with Crippen molar-refractivity contribution in [3.05, 3.63) is 35.9 Å². The van der Waals surface area contributed by atoms with Gasteiger partial charge in [0, 0.05) is 24.5 Å². The lowest BCUT2D eigenvalue weighted by molar-refractivity contribution is 0.143. The van der Waals surface area contributed by atoms with Crippen molar-refractivity contribution < 1.29 is 0 Å². The highest BCUT2D eigenvalue weighted by Crippen LogP contribution is 2.30. The monoisotopic (exact) mass is 274 g/mol. The zero-order valence-electron chi connectivity index (χ0n) is 13.3. The van der Waals surface area contributed by atoms with Crippen LogP contribution in [-0.2, 0) is 5.41 Å². The predicted octanol–water partition coefficient (Wildman–Crippen LogP) is 3.41. The normalized spacial score (nSPS) is 26.4. The first-order valence-corrected chi connectivity index (χ1v) is 8.01. The molecule has 2 nitrogen and oxygen atoms in total. The minimum atomic E-state index is 0.0546. The summed E-state index contributed by atoms with van der Waals surface area (Å²) in [7, 11) is 2.28. The molecule has 2 N–H and O–H groups in total. The van der Waals surface area contributed by atoms with Gasteiger partial charge in [-0.15, -0.1) is 0 Å². The maximum Gasteiger partial charge on any atom is 0.0174 e. The largest absolute Gasteiger partial charge is 0.330 e. The third-order valence-electron chi connectivity index (χ3n) is 5.13. The predicted molar refractivity (Wildman–Crippen MR) is 86.9 cm³/mol. The number of hydrogen-bond acceptors (Lipinski definition) is 2. The zero-order valence-corrected chi connectivity index (χ0v) is 13.3. The summed E-state index contributed by atoms with van der Waals surface area (Å²) in [5, 5.41) is 0.